The second-order valence-corrected chi connectivity index (χ2v) is 6.71. The van der Waals surface area contributed by atoms with Gasteiger partial charge in [-0.3, -0.25) is 14.3 Å². The van der Waals surface area contributed by atoms with E-state index in [0.717, 1.165) is 5.52 Å². The first-order valence-corrected chi connectivity index (χ1v) is 8.49. The van der Waals surface area contributed by atoms with Crippen LogP contribution < -0.4 is 10.7 Å². The van der Waals surface area contributed by atoms with Crippen LogP contribution in [0.1, 0.15) is 36.3 Å². The average molecular weight is 336 g/mol. The molecular weight excluding hydrogens is 316 g/mol. The summed E-state index contributed by atoms with van der Waals surface area (Å²) >= 11 is 0. The van der Waals surface area contributed by atoms with Gasteiger partial charge in [-0.25, -0.2) is 0 Å². The maximum atomic E-state index is 12.6. The normalized spacial score (nSPS) is 15.3. The van der Waals surface area contributed by atoms with Crippen LogP contribution in [0.25, 0.3) is 10.9 Å². The summed E-state index contributed by atoms with van der Waals surface area (Å²) in [7, 11) is 1.79. The van der Waals surface area contributed by atoms with Crippen LogP contribution >= 0.6 is 0 Å². The van der Waals surface area contributed by atoms with Gasteiger partial charge in [0.1, 0.15) is 5.69 Å². The molecule has 1 fully saturated rings. The van der Waals surface area contributed by atoms with Gasteiger partial charge in [0, 0.05) is 24.7 Å². The van der Waals surface area contributed by atoms with Crippen LogP contribution in [0.5, 0.6) is 0 Å². The summed E-state index contributed by atoms with van der Waals surface area (Å²) < 4.78 is 3.63. The molecule has 3 aromatic rings. The Bertz CT molecular complexity index is 1010. The lowest BCUT2D eigenvalue weighted by Gasteiger charge is -2.12. The molecular formula is C19H20N4O2. The van der Waals surface area contributed by atoms with Crippen molar-refractivity contribution in [1.82, 2.24) is 14.3 Å². The molecule has 0 bridgehead atoms. The van der Waals surface area contributed by atoms with E-state index in [1.165, 1.54) is 18.9 Å². The molecule has 6 nitrogen and oxygen atoms in total. The largest absolute Gasteiger partial charge is 0.339 e. The Hall–Kier alpha value is -2.89. The Balaban J connectivity index is 1.62. The fourth-order valence-corrected chi connectivity index (χ4v) is 3.24. The summed E-state index contributed by atoms with van der Waals surface area (Å²) in [4.78, 5) is 24.9. The first kappa shape index (κ1) is 15.6. The topological polar surface area (TPSA) is 68.9 Å². The molecule has 1 aliphatic rings. The first-order chi connectivity index (χ1) is 12.0. The van der Waals surface area contributed by atoms with E-state index >= 15 is 0 Å². The minimum absolute atomic E-state index is 0.156. The number of pyridine rings is 1. The predicted molar refractivity (Wildman–Crippen MR) is 96.8 cm³/mol. The third kappa shape index (κ3) is 2.84. The fourth-order valence-electron chi connectivity index (χ4n) is 3.24. The molecule has 1 amide bonds. The van der Waals surface area contributed by atoms with Crippen LogP contribution in [0, 0.1) is 5.92 Å². The molecule has 0 spiro atoms. The fraction of sp³-hybridized carbons (Fsp3) is 0.316. The summed E-state index contributed by atoms with van der Waals surface area (Å²) in [6.45, 7) is 2.14. The third-order valence-corrected chi connectivity index (χ3v) is 4.97. The van der Waals surface area contributed by atoms with E-state index in [1.807, 2.05) is 29.1 Å². The van der Waals surface area contributed by atoms with E-state index in [4.69, 9.17) is 0 Å². The minimum Gasteiger partial charge on any atom is -0.339 e. The van der Waals surface area contributed by atoms with Crippen molar-refractivity contribution in [3.63, 3.8) is 0 Å². The lowest BCUT2D eigenvalue weighted by Crippen LogP contribution is -2.21. The van der Waals surface area contributed by atoms with Crippen LogP contribution in [-0.2, 0) is 7.05 Å². The number of aryl methyl sites for hydroxylation is 1. The highest BCUT2D eigenvalue weighted by atomic mass is 16.2. The number of carbonyl (C=O) groups is 1. The van der Waals surface area contributed by atoms with Crippen LogP contribution in [-0.4, -0.2) is 20.3 Å². The van der Waals surface area contributed by atoms with Crippen LogP contribution in [0.4, 0.5) is 5.69 Å². The van der Waals surface area contributed by atoms with E-state index in [1.54, 1.807) is 23.9 Å². The van der Waals surface area contributed by atoms with Crippen molar-refractivity contribution in [2.75, 3.05) is 5.32 Å². The van der Waals surface area contributed by atoms with Gasteiger partial charge in [-0.05, 0) is 37.8 Å². The van der Waals surface area contributed by atoms with Gasteiger partial charge in [-0.2, -0.15) is 5.10 Å². The standard InChI is InChI=1S/C19H20N4O2/c1-12(13-7-8-13)23-11-14(10-20-23)21-19(25)17-9-18(24)15-5-3-4-6-16(15)22(17)2/h3-6,9-13H,7-8H2,1-2H3,(H,21,25). The SMILES string of the molecule is CC(C1CC1)n1cc(NC(=O)c2cc(=O)c3ccccc3n2C)cn1. The van der Waals surface area contributed by atoms with E-state index < -0.39 is 0 Å². The highest BCUT2D eigenvalue weighted by Gasteiger charge is 2.29. The number of nitrogens with zero attached hydrogens (tertiary/aromatic N) is 3. The second-order valence-electron chi connectivity index (χ2n) is 6.71. The number of carbonyl (C=O) groups excluding carboxylic acids is 1. The van der Waals surface area contributed by atoms with Gasteiger partial charge in [0.15, 0.2) is 5.43 Å². The number of amides is 1. The molecule has 1 aromatic carbocycles. The number of fused-ring (bicyclic) bond motifs is 1. The summed E-state index contributed by atoms with van der Waals surface area (Å²) in [5.74, 6) is 0.369. The van der Waals surface area contributed by atoms with Crippen molar-refractivity contribution in [2.45, 2.75) is 25.8 Å². The van der Waals surface area contributed by atoms with E-state index in [2.05, 4.69) is 17.3 Å². The Kier molecular flexibility index (Phi) is 3.67. The zero-order chi connectivity index (χ0) is 17.6. The third-order valence-electron chi connectivity index (χ3n) is 4.97. The van der Waals surface area contributed by atoms with Crippen molar-refractivity contribution in [1.29, 1.82) is 0 Å². The monoisotopic (exact) mass is 336 g/mol. The second kappa shape index (κ2) is 5.88. The Morgan fingerprint density at radius 3 is 2.84 bits per heavy atom. The Morgan fingerprint density at radius 2 is 2.08 bits per heavy atom. The zero-order valence-electron chi connectivity index (χ0n) is 14.3. The predicted octanol–water partition coefficient (Wildman–Crippen LogP) is 2.96. The van der Waals surface area contributed by atoms with Crippen molar-refractivity contribution in [3.05, 3.63) is 58.6 Å². The number of para-hydroxylation sites is 1. The maximum absolute atomic E-state index is 12.6. The number of anilines is 1. The first-order valence-electron chi connectivity index (χ1n) is 8.49. The Morgan fingerprint density at radius 1 is 1.32 bits per heavy atom. The van der Waals surface area contributed by atoms with Gasteiger partial charge < -0.3 is 9.88 Å². The highest BCUT2D eigenvalue weighted by molar-refractivity contribution is 6.04. The summed E-state index contributed by atoms with van der Waals surface area (Å²) in [6, 6.07) is 9.00. The van der Waals surface area contributed by atoms with Gasteiger partial charge in [-0.15, -0.1) is 0 Å². The number of hydrogen-bond donors (Lipinski definition) is 1. The molecule has 4 rings (SSSR count). The van der Waals surface area contributed by atoms with Gasteiger partial charge >= 0.3 is 0 Å². The van der Waals surface area contributed by atoms with E-state index in [0.29, 0.717) is 28.7 Å². The van der Waals surface area contributed by atoms with Gasteiger partial charge in [-0.1, -0.05) is 12.1 Å². The van der Waals surface area contributed by atoms with Gasteiger partial charge in [0.2, 0.25) is 0 Å². The van der Waals surface area contributed by atoms with Crippen molar-refractivity contribution >= 4 is 22.5 Å². The van der Waals surface area contributed by atoms with Crippen molar-refractivity contribution in [3.8, 4) is 0 Å². The number of aromatic nitrogens is 3. The van der Waals surface area contributed by atoms with E-state index in [-0.39, 0.29) is 11.3 Å². The molecule has 2 aromatic heterocycles. The summed E-state index contributed by atoms with van der Waals surface area (Å²) in [6.07, 6.45) is 5.97. The van der Waals surface area contributed by atoms with Crippen molar-refractivity contribution < 1.29 is 4.79 Å². The number of nitrogens with one attached hydrogen (secondary N) is 1. The highest BCUT2D eigenvalue weighted by Crippen LogP contribution is 2.39. The summed E-state index contributed by atoms with van der Waals surface area (Å²) in [5, 5.41) is 7.80. The van der Waals surface area contributed by atoms with Crippen LogP contribution in [0.2, 0.25) is 0 Å². The molecule has 0 saturated heterocycles. The molecule has 1 aliphatic carbocycles. The molecule has 1 N–H and O–H groups in total. The Labute approximate surface area is 145 Å². The lowest BCUT2D eigenvalue weighted by atomic mass is 10.1. The molecule has 0 radical (unpaired) electrons. The lowest BCUT2D eigenvalue weighted by molar-refractivity contribution is 0.101. The smallest absolute Gasteiger partial charge is 0.272 e. The molecule has 2 heterocycles. The molecule has 128 valence electrons. The van der Waals surface area contributed by atoms with Gasteiger partial charge in [0.05, 0.1) is 23.4 Å². The average Bonchev–Trinajstić information content (AvgIpc) is 3.37. The van der Waals surface area contributed by atoms with Gasteiger partial charge in [0.25, 0.3) is 5.91 Å². The molecule has 1 unspecified atom stereocenters. The molecule has 25 heavy (non-hydrogen) atoms. The van der Waals surface area contributed by atoms with Crippen molar-refractivity contribution in [2.24, 2.45) is 13.0 Å². The molecule has 0 aliphatic heterocycles. The maximum Gasteiger partial charge on any atom is 0.272 e. The molecule has 1 atom stereocenters. The quantitative estimate of drug-likeness (QED) is 0.796. The summed E-state index contributed by atoms with van der Waals surface area (Å²) in [5.41, 5.74) is 1.54. The minimum atomic E-state index is -0.316. The number of hydrogen-bond acceptors (Lipinski definition) is 3. The number of rotatable bonds is 4. The van der Waals surface area contributed by atoms with E-state index in [9.17, 15) is 9.59 Å². The molecule has 1 saturated carbocycles. The molecule has 6 heteroatoms. The van der Waals surface area contributed by atoms with Crippen LogP contribution in [0.3, 0.4) is 0 Å². The zero-order valence-corrected chi connectivity index (χ0v) is 14.3. The number of benzene rings is 1. The van der Waals surface area contributed by atoms with Crippen LogP contribution in [0.15, 0.2) is 47.5 Å².